The summed E-state index contributed by atoms with van der Waals surface area (Å²) in [5, 5.41) is 3.49. The first kappa shape index (κ1) is 11.6. The van der Waals surface area contributed by atoms with E-state index in [1.165, 1.54) is 24.0 Å². The van der Waals surface area contributed by atoms with Crippen molar-refractivity contribution in [1.82, 2.24) is 5.32 Å². The third-order valence-corrected chi connectivity index (χ3v) is 3.16. The van der Waals surface area contributed by atoms with Gasteiger partial charge < -0.3 is 11.1 Å². The zero-order chi connectivity index (χ0) is 11.5. The lowest BCUT2D eigenvalue weighted by molar-refractivity contribution is 0.484. The van der Waals surface area contributed by atoms with Gasteiger partial charge in [-0.15, -0.1) is 0 Å². The minimum Gasteiger partial charge on any atom is -0.329 e. The van der Waals surface area contributed by atoms with E-state index in [0.29, 0.717) is 12.6 Å². The Bertz CT molecular complexity index is 325. The molecule has 1 aromatic rings. The summed E-state index contributed by atoms with van der Waals surface area (Å²) in [5.74, 6) is 0.837. The molecule has 3 N–H and O–H groups in total. The van der Waals surface area contributed by atoms with Gasteiger partial charge in [0.1, 0.15) is 0 Å². The average molecular weight is 218 g/mol. The first-order valence-corrected chi connectivity index (χ1v) is 6.26. The van der Waals surface area contributed by atoms with Crippen molar-refractivity contribution in [2.45, 2.75) is 44.7 Å². The van der Waals surface area contributed by atoms with E-state index in [1.807, 2.05) is 0 Å². The fourth-order valence-corrected chi connectivity index (χ4v) is 2.12. The van der Waals surface area contributed by atoms with Crippen LogP contribution >= 0.6 is 0 Å². The van der Waals surface area contributed by atoms with E-state index >= 15 is 0 Å². The molecule has 1 unspecified atom stereocenters. The summed E-state index contributed by atoms with van der Waals surface area (Å²) >= 11 is 0. The lowest BCUT2D eigenvalue weighted by Crippen LogP contribution is -2.33. The maximum atomic E-state index is 5.80. The highest BCUT2D eigenvalue weighted by Crippen LogP contribution is 2.40. The maximum Gasteiger partial charge on any atom is 0.0446 e. The van der Waals surface area contributed by atoms with E-state index in [0.717, 1.165) is 5.92 Å². The number of benzene rings is 1. The lowest BCUT2D eigenvalue weighted by Gasteiger charge is -2.20. The third kappa shape index (κ3) is 2.83. The zero-order valence-corrected chi connectivity index (χ0v) is 10.2. The summed E-state index contributed by atoms with van der Waals surface area (Å²) in [5.41, 5.74) is 8.60. The summed E-state index contributed by atoms with van der Waals surface area (Å²) in [6.07, 6.45) is 2.73. The van der Waals surface area contributed by atoms with Crippen molar-refractivity contribution in [3.05, 3.63) is 35.4 Å². The predicted molar refractivity (Wildman–Crippen MR) is 68.5 cm³/mol. The standard InChI is InChI=1S/C14H22N2/c1-10(2)16-14(9-15)13-7-5-12(6-8-13)11-3-4-11/h5-8,10-11,14,16H,3-4,9,15H2,1-2H3. The molecule has 1 atom stereocenters. The number of hydrogen-bond acceptors (Lipinski definition) is 2. The van der Waals surface area contributed by atoms with Crippen LogP contribution in [0.1, 0.15) is 49.8 Å². The van der Waals surface area contributed by atoms with Crippen molar-refractivity contribution in [2.24, 2.45) is 5.73 Å². The zero-order valence-electron chi connectivity index (χ0n) is 10.2. The number of nitrogens with one attached hydrogen (secondary N) is 1. The molecule has 1 aromatic carbocycles. The van der Waals surface area contributed by atoms with Crippen LogP contribution in [-0.2, 0) is 0 Å². The Hall–Kier alpha value is -0.860. The molecule has 2 rings (SSSR count). The lowest BCUT2D eigenvalue weighted by atomic mass is 10.0. The Balaban J connectivity index is 2.05. The fourth-order valence-electron chi connectivity index (χ4n) is 2.12. The van der Waals surface area contributed by atoms with E-state index in [-0.39, 0.29) is 6.04 Å². The van der Waals surface area contributed by atoms with Crippen molar-refractivity contribution in [3.63, 3.8) is 0 Å². The molecule has 0 heterocycles. The van der Waals surface area contributed by atoms with E-state index in [4.69, 9.17) is 5.73 Å². The molecule has 2 heteroatoms. The van der Waals surface area contributed by atoms with Crippen LogP contribution in [0.15, 0.2) is 24.3 Å². The molecular formula is C14H22N2. The molecule has 1 fully saturated rings. The number of rotatable bonds is 5. The Kier molecular flexibility index (Phi) is 3.62. The minimum absolute atomic E-state index is 0.285. The molecule has 0 spiro atoms. The second-order valence-electron chi connectivity index (χ2n) is 5.05. The Morgan fingerprint density at radius 3 is 2.31 bits per heavy atom. The second kappa shape index (κ2) is 4.98. The molecule has 1 saturated carbocycles. The van der Waals surface area contributed by atoms with Crippen LogP contribution in [0.4, 0.5) is 0 Å². The molecule has 1 aliphatic carbocycles. The Labute approximate surface area is 98.2 Å². The van der Waals surface area contributed by atoms with Gasteiger partial charge in [0.15, 0.2) is 0 Å². The van der Waals surface area contributed by atoms with Gasteiger partial charge >= 0.3 is 0 Å². The van der Waals surface area contributed by atoms with Crippen LogP contribution in [0.5, 0.6) is 0 Å². The molecule has 0 bridgehead atoms. The summed E-state index contributed by atoms with van der Waals surface area (Å²) in [6, 6.07) is 9.72. The molecule has 0 aromatic heterocycles. The topological polar surface area (TPSA) is 38.0 Å². The van der Waals surface area contributed by atoms with E-state index in [1.54, 1.807) is 0 Å². The van der Waals surface area contributed by atoms with Gasteiger partial charge in [0.2, 0.25) is 0 Å². The smallest absolute Gasteiger partial charge is 0.0446 e. The maximum absolute atomic E-state index is 5.80. The normalized spacial score (nSPS) is 17.8. The molecule has 0 aliphatic heterocycles. The molecule has 0 radical (unpaired) electrons. The van der Waals surface area contributed by atoms with Gasteiger partial charge in [0.05, 0.1) is 0 Å². The Morgan fingerprint density at radius 1 is 1.25 bits per heavy atom. The third-order valence-electron chi connectivity index (χ3n) is 3.16. The number of nitrogens with two attached hydrogens (primary N) is 1. The molecule has 0 saturated heterocycles. The monoisotopic (exact) mass is 218 g/mol. The number of hydrogen-bond donors (Lipinski definition) is 2. The molecule has 2 nitrogen and oxygen atoms in total. The largest absolute Gasteiger partial charge is 0.329 e. The van der Waals surface area contributed by atoms with Crippen LogP contribution in [0, 0.1) is 0 Å². The highest BCUT2D eigenvalue weighted by molar-refractivity contribution is 5.29. The second-order valence-corrected chi connectivity index (χ2v) is 5.05. The van der Waals surface area contributed by atoms with Gasteiger partial charge in [0.25, 0.3) is 0 Å². The van der Waals surface area contributed by atoms with E-state index in [2.05, 4.69) is 43.4 Å². The van der Waals surface area contributed by atoms with Gasteiger partial charge in [-0.05, 0) is 29.9 Å². The predicted octanol–water partition coefficient (Wildman–Crippen LogP) is 2.56. The van der Waals surface area contributed by atoms with Crippen LogP contribution in [0.2, 0.25) is 0 Å². The first-order chi connectivity index (χ1) is 7.70. The van der Waals surface area contributed by atoms with Crippen LogP contribution in [0.25, 0.3) is 0 Å². The fraction of sp³-hybridized carbons (Fsp3) is 0.571. The molecule has 1 aliphatic rings. The van der Waals surface area contributed by atoms with Gasteiger partial charge in [0, 0.05) is 18.6 Å². The van der Waals surface area contributed by atoms with Crippen molar-refractivity contribution < 1.29 is 0 Å². The molecular weight excluding hydrogens is 196 g/mol. The summed E-state index contributed by atoms with van der Waals surface area (Å²) in [6.45, 7) is 4.96. The van der Waals surface area contributed by atoms with E-state index < -0.39 is 0 Å². The average Bonchev–Trinajstić information content (AvgIpc) is 3.10. The summed E-state index contributed by atoms with van der Waals surface area (Å²) in [4.78, 5) is 0. The highest BCUT2D eigenvalue weighted by atomic mass is 15.0. The first-order valence-electron chi connectivity index (χ1n) is 6.26. The van der Waals surface area contributed by atoms with Crippen LogP contribution in [-0.4, -0.2) is 12.6 Å². The summed E-state index contributed by atoms with van der Waals surface area (Å²) in [7, 11) is 0. The minimum atomic E-state index is 0.285. The highest BCUT2D eigenvalue weighted by Gasteiger charge is 2.23. The van der Waals surface area contributed by atoms with Gasteiger partial charge in [-0.3, -0.25) is 0 Å². The molecule has 16 heavy (non-hydrogen) atoms. The van der Waals surface area contributed by atoms with Gasteiger partial charge in [-0.2, -0.15) is 0 Å². The van der Waals surface area contributed by atoms with Crippen LogP contribution < -0.4 is 11.1 Å². The molecule has 0 amide bonds. The van der Waals surface area contributed by atoms with Crippen molar-refractivity contribution in [2.75, 3.05) is 6.54 Å². The Morgan fingerprint density at radius 2 is 1.88 bits per heavy atom. The van der Waals surface area contributed by atoms with Gasteiger partial charge in [-0.25, -0.2) is 0 Å². The SMILES string of the molecule is CC(C)NC(CN)c1ccc(C2CC2)cc1. The van der Waals surface area contributed by atoms with Crippen molar-refractivity contribution in [3.8, 4) is 0 Å². The van der Waals surface area contributed by atoms with Gasteiger partial charge in [-0.1, -0.05) is 38.1 Å². The van der Waals surface area contributed by atoms with Crippen LogP contribution in [0.3, 0.4) is 0 Å². The van der Waals surface area contributed by atoms with Crippen molar-refractivity contribution in [1.29, 1.82) is 0 Å². The van der Waals surface area contributed by atoms with E-state index in [9.17, 15) is 0 Å². The van der Waals surface area contributed by atoms with Crippen molar-refractivity contribution >= 4 is 0 Å². The molecule has 88 valence electrons. The quantitative estimate of drug-likeness (QED) is 0.797. The summed E-state index contributed by atoms with van der Waals surface area (Å²) < 4.78 is 0.